The molecule has 1 aliphatic rings. The molecule has 0 saturated carbocycles. The Morgan fingerprint density at radius 2 is 1.81 bits per heavy atom. The molecule has 1 aliphatic heterocycles. The molecule has 0 aliphatic carbocycles. The molecule has 3 heteroatoms. The Labute approximate surface area is 127 Å². The van der Waals surface area contributed by atoms with Crippen molar-refractivity contribution in [2.24, 2.45) is 0 Å². The van der Waals surface area contributed by atoms with E-state index in [0.717, 1.165) is 37.1 Å². The molecule has 114 valence electrons. The van der Waals surface area contributed by atoms with Crippen LogP contribution in [0.15, 0.2) is 36.4 Å². The molecule has 1 amide bonds. The summed E-state index contributed by atoms with van der Waals surface area (Å²) in [5.74, 6) is 0. The number of allylic oxidation sites excluding steroid dienone is 1. The van der Waals surface area contributed by atoms with Crippen LogP contribution in [0.1, 0.15) is 52.0 Å². The smallest absolute Gasteiger partial charge is 0.414 e. The van der Waals surface area contributed by atoms with Gasteiger partial charge in [0, 0.05) is 6.54 Å². The van der Waals surface area contributed by atoms with E-state index in [1.807, 2.05) is 51.1 Å². The molecule has 0 fully saturated rings. The van der Waals surface area contributed by atoms with E-state index in [0.29, 0.717) is 0 Å². The van der Waals surface area contributed by atoms with Crippen molar-refractivity contribution >= 4 is 11.8 Å². The van der Waals surface area contributed by atoms with Crippen LogP contribution in [0.5, 0.6) is 0 Å². The lowest BCUT2D eigenvalue weighted by atomic mass is 10.0. The molecule has 2 rings (SSSR count). The minimum absolute atomic E-state index is 0.250. The van der Waals surface area contributed by atoms with E-state index in [4.69, 9.17) is 4.74 Å². The van der Waals surface area contributed by atoms with E-state index >= 15 is 0 Å². The Bertz CT molecular complexity index is 500. The molecule has 0 radical (unpaired) electrons. The van der Waals surface area contributed by atoms with Crippen LogP contribution in [0, 0.1) is 0 Å². The first kappa shape index (κ1) is 15.6. The summed E-state index contributed by atoms with van der Waals surface area (Å²) in [4.78, 5) is 14.3. The molecule has 0 spiro atoms. The molecule has 1 aromatic carbocycles. The molecular weight excluding hydrogens is 262 g/mol. The molecule has 0 aromatic heterocycles. The molecule has 0 bridgehead atoms. The zero-order valence-electron chi connectivity index (χ0n) is 13.3. The first-order chi connectivity index (χ1) is 9.97. The second-order valence-electron chi connectivity index (χ2n) is 6.44. The van der Waals surface area contributed by atoms with Crippen molar-refractivity contribution in [3.63, 3.8) is 0 Å². The first-order valence-electron chi connectivity index (χ1n) is 7.73. The molecule has 0 N–H and O–H groups in total. The van der Waals surface area contributed by atoms with E-state index in [1.165, 1.54) is 6.42 Å². The fourth-order valence-corrected chi connectivity index (χ4v) is 2.45. The van der Waals surface area contributed by atoms with Gasteiger partial charge in [-0.15, -0.1) is 0 Å². The largest absolute Gasteiger partial charge is 0.443 e. The number of carbonyl (C=O) groups excluding carboxylic acids is 1. The van der Waals surface area contributed by atoms with Gasteiger partial charge in [0.1, 0.15) is 5.60 Å². The van der Waals surface area contributed by atoms with Gasteiger partial charge in [0.15, 0.2) is 0 Å². The van der Waals surface area contributed by atoms with Gasteiger partial charge in [0.25, 0.3) is 0 Å². The molecule has 0 atom stereocenters. The molecule has 1 aromatic rings. The molecule has 1 heterocycles. The first-order valence-corrected chi connectivity index (χ1v) is 7.73. The van der Waals surface area contributed by atoms with Crippen molar-refractivity contribution < 1.29 is 9.53 Å². The van der Waals surface area contributed by atoms with Crippen LogP contribution in [0.2, 0.25) is 0 Å². The van der Waals surface area contributed by atoms with E-state index in [1.54, 1.807) is 4.90 Å². The van der Waals surface area contributed by atoms with Crippen LogP contribution in [0.4, 0.5) is 4.79 Å². The number of rotatable bonds is 1. The molecule has 21 heavy (non-hydrogen) atoms. The van der Waals surface area contributed by atoms with Crippen LogP contribution < -0.4 is 0 Å². The van der Waals surface area contributed by atoms with E-state index < -0.39 is 5.60 Å². The summed E-state index contributed by atoms with van der Waals surface area (Å²) in [6.45, 7) is 6.43. The number of benzene rings is 1. The average Bonchev–Trinajstić information content (AvgIpc) is 2.37. The van der Waals surface area contributed by atoms with Gasteiger partial charge < -0.3 is 4.74 Å². The summed E-state index contributed by atoms with van der Waals surface area (Å²) in [7, 11) is 0. The highest BCUT2D eigenvalue weighted by Gasteiger charge is 2.25. The van der Waals surface area contributed by atoms with Crippen molar-refractivity contribution in [3.8, 4) is 0 Å². The van der Waals surface area contributed by atoms with Gasteiger partial charge in [-0.1, -0.05) is 42.8 Å². The second-order valence-corrected chi connectivity index (χ2v) is 6.44. The van der Waals surface area contributed by atoms with Gasteiger partial charge in [0.05, 0.1) is 5.70 Å². The third kappa shape index (κ3) is 4.62. The summed E-state index contributed by atoms with van der Waals surface area (Å²) >= 11 is 0. The highest BCUT2D eigenvalue weighted by atomic mass is 16.6. The quantitative estimate of drug-likeness (QED) is 0.739. The lowest BCUT2D eigenvalue weighted by Crippen LogP contribution is -2.36. The highest BCUT2D eigenvalue weighted by Crippen LogP contribution is 2.25. The summed E-state index contributed by atoms with van der Waals surface area (Å²) < 4.78 is 5.57. The fourth-order valence-electron chi connectivity index (χ4n) is 2.45. The van der Waals surface area contributed by atoms with E-state index in [-0.39, 0.29) is 6.09 Å². The van der Waals surface area contributed by atoms with E-state index in [9.17, 15) is 4.79 Å². The van der Waals surface area contributed by atoms with Gasteiger partial charge >= 0.3 is 6.09 Å². The topological polar surface area (TPSA) is 29.5 Å². The summed E-state index contributed by atoms with van der Waals surface area (Å²) in [5, 5.41) is 0. The number of nitrogens with zero attached hydrogens (tertiary/aromatic N) is 1. The standard InChI is InChI=1S/C18H25NO2/c1-18(2,3)21-17(20)19-14-10-5-4-9-13-16(19)15-11-7-6-8-12-15/h6-8,11-13H,4-5,9-10,14H2,1-3H3/b16-13-. The van der Waals surface area contributed by atoms with Gasteiger partial charge in [-0.2, -0.15) is 0 Å². The van der Waals surface area contributed by atoms with Crippen LogP contribution in [-0.2, 0) is 4.74 Å². The Balaban J connectivity index is 2.29. The van der Waals surface area contributed by atoms with Crippen molar-refractivity contribution in [2.45, 2.75) is 52.1 Å². The zero-order valence-corrected chi connectivity index (χ0v) is 13.3. The Hall–Kier alpha value is -1.77. The number of hydrogen-bond acceptors (Lipinski definition) is 2. The predicted molar refractivity (Wildman–Crippen MR) is 85.8 cm³/mol. The minimum atomic E-state index is -0.471. The second kappa shape index (κ2) is 6.79. The minimum Gasteiger partial charge on any atom is -0.443 e. The molecule has 0 unspecified atom stereocenters. The van der Waals surface area contributed by atoms with E-state index in [2.05, 4.69) is 6.08 Å². The van der Waals surface area contributed by atoms with Gasteiger partial charge in [-0.05, 0) is 45.6 Å². The maximum Gasteiger partial charge on any atom is 0.414 e. The van der Waals surface area contributed by atoms with Crippen molar-refractivity contribution in [2.75, 3.05) is 6.54 Å². The van der Waals surface area contributed by atoms with Crippen LogP contribution in [-0.4, -0.2) is 23.1 Å². The van der Waals surface area contributed by atoms with Gasteiger partial charge in [-0.25, -0.2) is 4.79 Å². The lowest BCUT2D eigenvalue weighted by molar-refractivity contribution is 0.0349. The van der Waals surface area contributed by atoms with Crippen molar-refractivity contribution in [1.29, 1.82) is 0 Å². The van der Waals surface area contributed by atoms with Crippen LogP contribution in [0.3, 0.4) is 0 Å². The normalized spacial score (nSPS) is 19.2. The summed E-state index contributed by atoms with van der Waals surface area (Å²) in [6, 6.07) is 10.1. The maximum absolute atomic E-state index is 12.5. The lowest BCUT2D eigenvalue weighted by Gasteiger charge is -2.30. The average molecular weight is 287 g/mol. The number of carbonyl (C=O) groups is 1. The highest BCUT2D eigenvalue weighted by molar-refractivity contribution is 5.82. The van der Waals surface area contributed by atoms with Crippen molar-refractivity contribution in [1.82, 2.24) is 4.90 Å². The molecular formula is C18H25NO2. The third-order valence-corrected chi connectivity index (χ3v) is 3.40. The summed E-state index contributed by atoms with van der Waals surface area (Å²) in [5.41, 5.74) is 1.58. The van der Waals surface area contributed by atoms with Crippen molar-refractivity contribution in [3.05, 3.63) is 42.0 Å². The number of amides is 1. The fraction of sp³-hybridized carbons (Fsp3) is 0.500. The SMILES string of the molecule is CC(C)(C)OC(=O)N1CCCCC/C=C\1c1ccccc1. The van der Waals surface area contributed by atoms with Crippen LogP contribution >= 0.6 is 0 Å². The van der Waals surface area contributed by atoms with Crippen LogP contribution in [0.25, 0.3) is 5.70 Å². The van der Waals surface area contributed by atoms with Gasteiger partial charge in [0.2, 0.25) is 0 Å². The number of hydrogen-bond donors (Lipinski definition) is 0. The molecule has 0 saturated heterocycles. The Kier molecular flexibility index (Phi) is 5.05. The maximum atomic E-state index is 12.5. The third-order valence-electron chi connectivity index (χ3n) is 3.40. The Morgan fingerprint density at radius 1 is 1.10 bits per heavy atom. The van der Waals surface area contributed by atoms with Gasteiger partial charge in [-0.3, -0.25) is 4.90 Å². The predicted octanol–water partition coefficient (Wildman–Crippen LogP) is 4.84. The Morgan fingerprint density at radius 3 is 2.48 bits per heavy atom. The number of ether oxygens (including phenoxy) is 1. The zero-order chi connectivity index (χ0) is 15.3. The monoisotopic (exact) mass is 287 g/mol. The molecule has 3 nitrogen and oxygen atoms in total. The summed E-state index contributed by atoms with van der Waals surface area (Å²) in [6.07, 6.45) is 6.27.